The van der Waals surface area contributed by atoms with Crippen LogP contribution < -0.4 is 9.47 Å². The zero-order valence-corrected chi connectivity index (χ0v) is 9.86. The van der Waals surface area contributed by atoms with E-state index >= 15 is 0 Å². The minimum Gasteiger partial charge on any atom is -0.454 e. The van der Waals surface area contributed by atoms with Crippen molar-refractivity contribution in [1.82, 2.24) is 4.98 Å². The molecule has 0 unspecified atom stereocenters. The fourth-order valence-corrected chi connectivity index (χ4v) is 1.98. The monoisotopic (exact) mass is 227 g/mol. The Bertz CT molecular complexity index is 561. The summed E-state index contributed by atoms with van der Waals surface area (Å²) in [7, 11) is 0. The molecule has 0 atom stereocenters. The van der Waals surface area contributed by atoms with Gasteiger partial charge in [0.25, 0.3) is 0 Å². The molecule has 3 rings (SSSR count). The smallest absolute Gasteiger partial charge is 0.231 e. The van der Waals surface area contributed by atoms with Crippen LogP contribution in [0.1, 0.15) is 11.3 Å². The SMILES string of the molecule is Cc1ccc(-c2cc3c(cc2C)OCO3)cn1. The molecule has 0 saturated heterocycles. The second-order valence-electron chi connectivity index (χ2n) is 4.21. The van der Waals surface area contributed by atoms with E-state index < -0.39 is 0 Å². The van der Waals surface area contributed by atoms with Gasteiger partial charge in [-0.1, -0.05) is 6.07 Å². The number of hydrogen-bond acceptors (Lipinski definition) is 3. The molecule has 0 fully saturated rings. The molecule has 0 spiro atoms. The van der Waals surface area contributed by atoms with Crippen LogP contribution in [-0.2, 0) is 0 Å². The van der Waals surface area contributed by atoms with Crippen molar-refractivity contribution in [2.24, 2.45) is 0 Å². The van der Waals surface area contributed by atoms with Crippen LogP contribution in [0.3, 0.4) is 0 Å². The van der Waals surface area contributed by atoms with Gasteiger partial charge < -0.3 is 9.47 Å². The van der Waals surface area contributed by atoms with Crippen LogP contribution in [0, 0.1) is 13.8 Å². The molecule has 86 valence electrons. The summed E-state index contributed by atoms with van der Waals surface area (Å²) < 4.78 is 10.7. The van der Waals surface area contributed by atoms with E-state index in [4.69, 9.17) is 9.47 Å². The average molecular weight is 227 g/mol. The maximum absolute atomic E-state index is 5.40. The third-order valence-corrected chi connectivity index (χ3v) is 2.94. The normalized spacial score (nSPS) is 12.8. The topological polar surface area (TPSA) is 31.4 Å². The Morgan fingerprint density at radius 2 is 1.82 bits per heavy atom. The van der Waals surface area contributed by atoms with Gasteiger partial charge in [0.15, 0.2) is 11.5 Å². The molecular weight excluding hydrogens is 214 g/mol. The molecule has 1 aromatic heterocycles. The lowest BCUT2D eigenvalue weighted by molar-refractivity contribution is 0.174. The maximum atomic E-state index is 5.40. The first-order chi connectivity index (χ1) is 8.24. The predicted molar refractivity (Wildman–Crippen MR) is 65.3 cm³/mol. The van der Waals surface area contributed by atoms with Gasteiger partial charge in [-0.2, -0.15) is 0 Å². The molecule has 0 N–H and O–H groups in total. The Balaban J connectivity index is 2.11. The van der Waals surface area contributed by atoms with Crippen LogP contribution in [0.15, 0.2) is 30.5 Å². The summed E-state index contributed by atoms with van der Waals surface area (Å²) in [6, 6.07) is 8.12. The van der Waals surface area contributed by atoms with E-state index in [1.807, 2.05) is 31.3 Å². The summed E-state index contributed by atoms with van der Waals surface area (Å²) in [4.78, 5) is 4.32. The minimum absolute atomic E-state index is 0.310. The molecule has 2 heterocycles. The van der Waals surface area contributed by atoms with Gasteiger partial charge in [-0.25, -0.2) is 0 Å². The number of hydrogen-bond donors (Lipinski definition) is 0. The number of aryl methyl sites for hydroxylation is 2. The highest BCUT2D eigenvalue weighted by Gasteiger charge is 2.16. The van der Waals surface area contributed by atoms with Crippen LogP contribution >= 0.6 is 0 Å². The summed E-state index contributed by atoms with van der Waals surface area (Å²) in [6.07, 6.45) is 1.89. The standard InChI is InChI=1S/C14H13NO2/c1-9-5-13-14(17-8-16-13)6-12(9)11-4-3-10(2)15-7-11/h3-7H,8H2,1-2H3. The van der Waals surface area contributed by atoms with Gasteiger partial charge in [-0.05, 0) is 43.2 Å². The van der Waals surface area contributed by atoms with Crippen LogP contribution in [0.25, 0.3) is 11.1 Å². The Hall–Kier alpha value is -2.03. The average Bonchev–Trinajstić information content (AvgIpc) is 2.76. The Labute approximate surface area is 100 Å². The lowest BCUT2D eigenvalue weighted by Crippen LogP contribution is -1.92. The number of pyridine rings is 1. The fourth-order valence-electron chi connectivity index (χ4n) is 1.98. The quantitative estimate of drug-likeness (QED) is 0.750. The van der Waals surface area contributed by atoms with Crippen molar-refractivity contribution < 1.29 is 9.47 Å². The van der Waals surface area contributed by atoms with Gasteiger partial charge in [0.1, 0.15) is 0 Å². The van der Waals surface area contributed by atoms with E-state index in [2.05, 4.69) is 18.0 Å². The van der Waals surface area contributed by atoms with Gasteiger partial charge in [0, 0.05) is 17.5 Å². The molecule has 17 heavy (non-hydrogen) atoms. The maximum Gasteiger partial charge on any atom is 0.231 e. The van der Waals surface area contributed by atoms with Crippen LogP contribution in [0.2, 0.25) is 0 Å². The summed E-state index contributed by atoms with van der Waals surface area (Å²) >= 11 is 0. The number of nitrogens with zero attached hydrogens (tertiary/aromatic N) is 1. The zero-order valence-electron chi connectivity index (χ0n) is 9.86. The molecule has 3 nitrogen and oxygen atoms in total. The molecule has 1 aromatic carbocycles. The number of ether oxygens (including phenoxy) is 2. The summed E-state index contributed by atoms with van der Waals surface area (Å²) in [5.41, 5.74) is 4.43. The summed E-state index contributed by atoms with van der Waals surface area (Å²) in [5, 5.41) is 0. The van der Waals surface area contributed by atoms with E-state index in [9.17, 15) is 0 Å². The molecule has 2 aromatic rings. The van der Waals surface area contributed by atoms with Gasteiger partial charge in [0.05, 0.1) is 0 Å². The number of aromatic nitrogens is 1. The van der Waals surface area contributed by atoms with Crippen molar-refractivity contribution in [3.8, 4) is 22.6 Å². The van der Waals surface area contributed by atoms with Gasteiger partial charge in [-0.3, -0.25) is 4.98 Å². The molecule has 0 saturated carbocycles. The first-order valence-corrected chi connectivity index (χ1v) is 5.57. The number of benzene rings is 1. The van der Waals surface area contributed by atoms with Crippen molar-refractivity contribution in [2.75, 3.05) is 6.79 Å². The summed E-state index contributed by atoms with van der Waals surface area (Å²) in [5.74, 6) is 1.64. The Morgan fingerprint density at radius 3 is 2.53 bits per heavy atom. The minimum atomic E-state index is 0.310. The highest BCUT2D eigenvalue weighted by Crippen LogP contribution is 2.38. The van der Waals surface area contributed by atoms with Crippen LogP contribution in [0.4, 0.5) is 0 Å². The third kappa shape index (κ3) is 1.73. The molecule has 0 radical (unpaired) electrons. The van der Waals surface area contributed by atoms with Crippen molar-refractivity contribution in [3.63, 3.8) is 0 Å². The molecule has 1 aliphatic rings. The lowest BCUT2D eigenvalue weighted by Gasteiger charge is -2.07. The zero-order chi connectivity index (χ0) is 11.8. The lowest BCUT2D eigenvalue weighted by atomic mass is 10.0. The van der Waals surface area contributed by atoms with Crippen molar-refractivity contribution in [1.29, 1.82) is 0 Å². The van der Waals surface area contributed by atoms with Gasteiger partial charge >= 0.3 is 0 Å². The number of rotatable bonds is 1. The van der Waals surface area contributed by atoms with Crippen LogP contribution in [0.5, 0.6) is 11.5 Å². The second-order valence-corrected chi connectivity index (χ2v) is 4.21. The highest BCUT2D eigenvalue weighted by atomic mass is 16.7. The van der Waals surface area contributed by atoms with Gasteiger partial charge in [0.2, 0.25) is 6.79 Å². The molecule has 0 aliphatic carbocycles. The van der Waals surface area contributed by atoms with E-state index in [1.54, 1.807) is 0 Å². The van der Waals surface area contributed by atoms with Gasteiger partial charge in [-0.15, -0.1) is 0 Å². The van der Waals surface area contributed by atoms with E-state index in [-0.39, 0.29) is 0 Å². The molecule has 0 bridgehead atoms. The fraction of sp³-hybridized carbons (Fsp3) is 0.214. The summed E-state index contributed by atoms with van der Waals surface area (Å²) in [6.45, 7) is 4.36. The van der Waals surface area contributed by atoms with E-state index in [0.717, 1.165) is 28.3 Å². The second kappa shape index (κ2) is 3.77. The first kappa shape index (κ1) is 10.1. The third-order valence-electron chi connectivity index (χ3n) is 2.94. The largest absolute Gasteiger partial charge is 0.454 e. The molecular formula is C14H13NO2. The predicted octanol–water partition coefficient (Wildman–Crippen LogP) is 3.09. The van der Waals surface area contributed by atoms with Crippen molar-refractivity contribution in [2.45, 2.75) is 13.8 Å². The first-order valence-electron chi connectivity index (χ1n) is 5.57. The van der Waals surface area contributed by atoms with Crippen molar-refractivity contribution in [3.05, 3.63) is 41.7 Å². The molecule has 3 heteroatoms. The van der Waals surface area contributed by atoms with E-state index in [0.29, 0.717) is 6.79 Å². The molecule has 1 aliphatic heterocycles. The molecule has 0 amide bonds. The van der Waals surface area contributed by atoms with Crippen molar-refractivity contribution >= 4 is 0 Å². The van der Waals surface area contributed by atoms with Crippen LogP contribution in [-0.4, -0.2) is 11.8 Å². The highest BCUT2D eigenvalue weighted by molar-refractivity contribution is 5.70. The number of fused-ring (bicyclic) bond motifs is 1. The Kier molecular flexibility index (Phi) is 2.25. The van der Waals surface area contributed by atoms with E-state index in [1.165, 1.54) is 5.56 Å². The Morgan fingerprint density at radius 1 is 1.06 bits per heavy atom.